The summed E-state index contributed by atoms with van der Waals surface area (Å²) in [5.41, 5.74) is 2.81. The molecule has 2 amide bonds. The monoisotopic (exact) mass is 430 g/mol. The molecule has 27 heavy (non-hydrogen) atoms. The zero-order chi connectivity index (χ0) is 19.8. The van der Waals surface area contributed by atoms with Crippen LogP contribution in [0.5, 0.6) is 0 Å². The second-order valence-corrected chi connectivity index (χ2v) is 7.94. The molecule has 0 radical (unpaired) electrons. The van der Waals surface area contributed by atoms with Crippen LogP contribution in [0.2, 0.25) is 0 Å². The van der Waals surface area contributed by atoms with Crippen molar-refractivity contribution in [2.45, 2.75) is 46.1 Å². The lowest BCUT2D eigenvalue weighted by molar-refractivity contribution is -0.121. The molecule has 0 bridgehead atoms. The number of amides is 2. The minimum Gasteiger partial charge on any atom is -0.354 e. The molecule has 2 aromatic carbocycles. The van der Waals surface area contributed by atoms with E-state index in [0.29, 0.717) is 12.8 Å². The first-order chi connectivity index (χ1) is 12.9. The smallest absolute Gasteiger partial charge is 0.227 e. The highest BCUT2D eigenvalue weighted by atomic mass is 79.9. The van der Waals surface area contributed by atoms with Crippen molar-refractivity contribution in [3.63, 3.8) is 0 Å². The molecule has 1 atom stereocenters. The molecule has 1 unspecified atom stereocenters. The van der Waals surface area contributed by atoms with Gasteiger partial charge in [-0.2, -0.15) is 0 Å². The van der Waals surface area contributed by atoms with Crippen LogP contribution in [-0.2, 0) is 22.4 Å². The largest absolute Gasteiger partial charge is 0.354 e. The first kappa shape index (κ1) is 21.2. The molecule has 5 heteroatoms. The summed E-state index contributed by atoms with van der Waals surface area (Å²) >= 11 is 3.47. The Morgan fingerprint density at radius 1 is 1.04 bits per heavy atom. The van der Waals surface area contributed by atoms with Crippen molar-refractivity contribution < 1.29 is 9.59 Å². The fourth-order valence-corrected chi connectivity index (χ4v) is 3.33. The van der Waals surface area contributed by atoms with E-state index in [-0.39, 0.29) is 23.8 Å². The maximum Gasteiger partial charge on any atom is 0.227 e. The van der Waals surface area contributed by atoms with E-state index < -0.39 is 0 Å². The molecule has 0 heterocycles. The van der Waals surface area contributed by atoms with Crippen molar-refractivity contribution in [2.24, 2.45) is 5.92 Å². The van der Waals surface area contributed by atoms with Gasteiger partial charge in [0.1, 0.15) is 0 Å². The number of benzene rings is 2. The highest BCUT2D eigenvalue weighted by Crippen LogP contribution is 2.19. The van der Waals surface area contributed by atoms with Gasteiger partial charge in [-0.15, -0.1) is 0 Å². The predicted molar refractivity (Wildman–Crippen MR) is 114 cm³/mol. The van der Waals surface area contributed by atoms with Crippen LogP contribution in [0.25, 0.3) is 0 Å². The zero-order valence-electron chi connectivity index (χ0n) is 16.1. The fraction of sp³-hybridized carbons (Fsp3) is 0.364. The topological polar surface area (TPSA) is 58.2 Å². The molecule has 2 rings (SSSR count). The van der Waals surface area contributed by atoms with Gasteiger partial charge in [0, 0.05) is 22.1 Å². The first-order valence-electron chi connectivity index (χ1n) is 9.31. The molecule has 0 aliphatic carbocycles. The van der Waals surface area contributed by atoms with Crippen LogP contribution < -0.4 is 10.6 Å². The number of hydrogen-bond donors (Lipinski definition) is 2. The molecule has 2 aromatic rings. The van der Waals surface area contributed by atoms with Gasteiger partial charge in [-0.05, 0) is 62.1 Å². The molecule has 0 saturated carbocycles. The Hall–Kier alpha value is -2.14. The maximum absolute atomic E-state index is 12.6. The van der Waals surface area contributed by atoms with E-state index >= 15 is 0 Å². The Morgan fingerprint density at radius 2 is 1.74 bits per heavy atom. The van der Waals surface area contributed by atoms with Crippen LogP contribution in [0.4, 0.5) is 5.69 Å². The van der Waals surface area contributed by atoms with Crippen molar-refractivity contribution in [3.8, 4) is 0 Å². The summed E-state index contributed by atoms with van der Waals surface area (Å²) in [7, 11) is 0. The third-order valence-corrected chi connectivity index (χ3v) is 4.76. The van der Waals surface area contributed by atoms with Gasteiger partial charge in [-0.1, -0.05) is 47.1 Å². The standard InChI is InChI=1S/C22H27BrN2O2/c1-4-18(12-17-6-5-7-19(23)13-17)22(27)25-20-10-8-16(9-11-20)14-21(26)24-15(2)3/h5-11,13,15,18H,4,12,14H2,1-3H3,(H,24,26)(H,25,27). The van der Waals surface area contributed by atoms with Crippen molar-refractivity contribution in [1.82, 2.24) is 5.32 Å². The summed E-state index contributed by atoms with van der Waals surface area (Å²) in [6.45, 7) is 5.91. The van der Waals surface area contributed by atoms with Crippen LogP contribution in [-0.4, -0.2) is 17.9 Å². The summed E-state index contributed by atoms with van der Waals surface area (Å²) in [6, 6.07) is 15.6. The van der Waals surface area contributed by atoms with Gasteiger partial charge >= 0.3 is 0 Å². The fourth-order valence-electron chi connectivity index (χ4n) is 2.88. The van der Waals surface area contributed by atoms with Crippen molar-refractivity contribution in [2.75, 3.05) is 5.32 Å². The van der Waals surface area contributed by atoms with Crippen LogP contribution in [0.15, 0.2) is 53.0 Å². The lowest BCUT2D eigenvalue weighted by Gasteiger charge is -2.16. The van der Waals surface area contributed by atoms with E-state index in [2.05, 4.69) is 26.6 Å². The van der Waals surface area contributed by atoms with Gasteiger partial charge in [0.05, 0.1) is 6.42 Å². The lowest BCUT2D eigenvalue weighted by Crippen LogP contribution is -2.31. The summed E-state index contributed by atoms with van der Waals surface area (Å²) < 4.78 is 1.02. The summed E-state index contributed by atoms with van der Waals surface area (Å²) in [4.78, 5) is 24.5. The molecule has 0 saturated heterocycles. The van der Waals surface area contributed by atoms with Crippen molar-refractivity contribution in [3.05, 3.63) is 64.1 Å². The zero-order valence-corrected chi connectivity index (χ0v) is 17.7. The maximum atomic E-state index is 12.6. The summed E-state index contributed by atoms with van der Waals surface area (Å²) in [5.74, 6) is -0.0690. The van der Waals surface area contributed by atoms with E-state index in [1.807, 2.05) is 69.3 Å². The number of carbonyl (C=O) groups excluding carboxylic acids is 2. The lowest BCUT2D eigenvalue weighted by atomic mass is 9.96. The van der Waals surface area contributed by atoms with Crippen LogP contribution in [0.3, 0.4) is 0 Å². The van der Waals surface area contributed by atoms with E-state index in [1.54, 1.807) is 0 Å². The number of nitrogens with one attached hydrogen (secondary N) is 2. The average molecular weight is 431 g/mol. The second-order valence-electron chi connectivity index (χ2n) is 7.02. The number of anilines is 1. The van der Waals surface area contributed by atoms with Crippen LogP contribution in [0.1, 0.15) is 38.3 Å². The summed E-state index contributed by atoms with van der Waals surface area (Å²) in [6.07, 6.45) is 1.81. The van der Waals surface area contributed by atoms with E-state index in [0.717, 1.165) is 27.7 Å². The number of hydrogen-bond acceptors (Lipinski definition) is 2. The minimum atomic E-state index is -0.0872. The normalized spacial score (nSPS) is 11.9. The molecule has 144 valence electrons. The third-order valence-electron chi connectivity index (χ3n) is 4.27. The molecule has 4 nitrogen and oxygen atoms in total. The van der Waals surface area contributed by atoms with Crippen LogP contribution in [0, 0.1) is 5.92 Å². The molecule has 0 aliphatic rings. The Kier molecular flexibility index (Phi) is 8.04. The van der Waals surface area contributed by atoms with E-state index in [9.17, 15) is 9.59 Å². The molecule has 0 aromatic heterocycles. The van der Waals surface area contributed by atoms with E-state index in [1.165, 1.54) is 0 Å². The van der Waals surface area contributed by atoms with Gasteiger partial charge in [-0.3, -0.25) is 9.59 Å². The second kappa shape index (κ2) is 10.3. The average Bonchev–Trinajstić information content (AvgIpc) is 2.60. The van der Waals surface area contributed by atoms with Gasteiger partial charge in [0.2, 0.25) is 11.8 Å². The molecule has 0 fully saturated rings. The Labute approximate surface area is 169 Å². The van der Waals surface area contributed by atoms with Crippen LogP contribution >= 0.6 is 15.9 Å². The first-order valence-corrected chi connectivity index (χ1v) is 10.1. The predicted octanol–water partition coefficient (Wildman–Crippen LogP) is 4.72. The number of halogens is 1. The summed E-state index contributed by atoms with van der Waals surface area (Å²) in [5, 5.41) is 5.87. The highest BCUT2D eigenvalue weighted by molar-refractivity contribution is 9.10. The quantitative estimate of drug-likeness (QED) is 0.635. The highest BCUT2D eigenvalue weighted by Gasteiger charge is 2.17. The van der Waals surface area contributed by atoms with Gasteiger partial charge in [-0.25, -0.2) is 0 Å². The van der Waals surface area contributed by atoms with Gasteiger partial charge in [0.25, 0.3) is 0 Å². The Morgan fingerprint density at radius 3 is 2.33 bits per heavy atom. The SMILES string of the molecule is CCC(Cc1cccc(Br)c1)C(=O)Nc1ccc(CC(=O)NC(C)C)cc1. The van der Waals surface area contributed by atoms with Gasteiger partial charge in [0.15, 0.2) is 0 Å². The number of rotatable bonds is 8. The minimum absolute atomic E-state index is 0.00172. The Bertz CT molecular complexity index is 772. The number of carbonyl (C=O) groups is 2. The Balaban J connectivity index is 1.94. The van der Waals surface area contributed by atoms with Crippen molar-refractivity contribution >= 4 is 33.4 Å². The molecular formula is C22H27BrN2O2. The molecule has 0 aliphatic heterocycles. The van der Waals surface area contributed by atoms with E-state index in [4.69, 9.17) is 0 Å². The van der Waals surface area contributed by atoms with Crippen molar-refractivity contribution in [1.29, 1.82) is 0 Å². The molecule has 2 N–H and O–H groups in total. The molecular weight excluding hydrogens is 404 g/mol. The molecule has 0 spiro atoms. The van der Waals surface area contributed by atoms with Gasteiger partial charge < -0.3 is 10.6 Å². The third kappa shape index (κ3) is 7.18.